The third-order valence-corrected chi connectivity index (χ3v) is 2.17. The average molecular weight is 151 g/mol. The lowest BCUT2D eigenvalue weighted by Gasteiger charge is -2.10. The predicted molar refractivity (Wildman–Crippen MR) is 43.2 cm³/mol. The van der Waals surface area contributed by atoms with Crippen molar-refractivity contribution in [3.63, 3.8) is 0 Å². The Morgan fingerprint density at radius 1 is 1.45 bits per heavy atom. The number of hydrogen-bond donors (Lipinski definition) is 0. The van der Waals surface area contributed by atoms with E-state index in [2.05, 4.69) is 21.5 Å². The van der Waals surface area contributed by atoms with E-state index in [0.717, 1.165) is 13.1 Å². The van der Waals surface area contributed by atoms with Crippen molar-refractivity contribution in [3.05, 3.63) is 18.2 Å². The lowest BCUT2D eigenvalue weighted by Crippen LogP contribution is -2.16. The zero-order valence-electron chi connectivity index (χ0n) is 6.82. The third kappa shape index (κ3) is 1.28. The predicted octanol–water partition coefficient (Wildman–Crippen LogP) is 0.719. The second kappa shape index (κ2) is 2.66. The average Bonchev–Trinajstić information content (AvgIpc) is 2.31. The summed E-state index contributed by atoms with van der Waals surface area (Å²) in [6.07, 6.45) is 5.12. The molecule has 0 fully saturated rings. The fourth-order valence-corrected chi connectivity index (χ4v) is 1.55. The lowest BCUT2D eigenvalue weighted by molar-refractivity contribution is 0.332. The minimum Gasteiger partial charge on any atom is -0.333 e. The Morgan fingerprint density at radius 3 is 3.27 bits per heavy atom. The quantitative estimate of drug-likeness (QED) is 0.544. The largest absolute Gasteiger partial charge is 0.333 e. The molecular weight excluding hydrogens is 138 g/mol. The first-order valence-corrected chi connectivity index (χ1v) is 4.04. The number of rotatable bonds is 0. The summed E-state index contributed by atoms with van der Waals surface area (Å²) in [4.78, 5) is 6.45. The fraction of sp³-hybridized carbons (Fsp3) is 0.625. The highest BCUT2D eigenvalue weighted by Crippen LogP contribution is 2.08. The summed E-state index contributed by atoms with van der Waals surface area (Å²) < 4.78 is 2.24. The number of fused-ring (bicyclic) bond motifs is 1. The first-order valence-electron chi connectivity index (χ1n) is 4.04. The molecule has 11 heavy (non-hydrogen) atoms. The molecule has 0 aromatic carbocycles. The van der Waals surface area contributed by atoms with E-state index in [-0.39, 0.29) is 0 Å². The molecule has 0 saturated heterocycles. The van der Waals surface area contributed by atoms with Crippen LogP contribution in [-0.2, 0) is 13.1 Å². The van der Waals surface area contributed by atoms with Gasteiger partial charge in [-0.25, -0.2) is 4.98 Å². The maximum atomic E-state index is 4.12. The Bertz CT molecular complexity index is 241. The molecule has 3 nitrogen and oxygen atoms in total. The fourth-order valence-electron chi connectivity index (χ4n) is 1.55. The van der Waals surface area contributed by atoms with Crippen LogP contribution >= 0.6 is 0 Å². The molecule has 1 aliphatic heterocycles. The standard InChI is InChI=1S/C8H13N3/c1-10-3-2-4-11-7-9-5-8(11)6-10/h5,7H,2-4,6H2,1H3. The molecule has 2 rings (SSSR count). The van der Waals surface area contributed by atoms with Gasteiger partial charge in [0, 0.05) is 19.3 Å². The zero-order valence-corrected chi connectivity index (χ0v) is 6.82. The number of imidazole rings is 1. The zero-order chi connectivity index (χ0) is 7.68. The lowest BCUT2D eigenvalue weighted by atomic mass is 10.4. The van der Waals surface area contributed by atoms with Gasteiger partial charge in [0.2, 0.25) is 0 Å². The Kier molecular flexibility index (Phi) is 1.66. The second-order valence-electron chi connectivity index (χ2n) is 3.17. The van der Waals surface area contributed by atoms with Gasteiger partial charge in [0.05, 0.1) is 12.0 Å². The van der Waals surface area contributed by atoms with E-state index in [9.17, 15) is 0 Å². The van der Waals surface area contributed by atoms with Crippen LogP contribution in [-0.4, -0.2) is 28.0 Å². The smallest absolute Gasteiger partial charge is 0.0948 e. The van der Waals surface area contributed by atoms with Crippen LogP contribution in [0.25, 0.3) is 0 Å². The van der Waals surface area contributed by atoms with Crippen molar-refractivity contribution < 1.29 is 0 Å². The Labute approximate surface area is 66.6 Å². The maximum absolute atomic E-state index is 4.12. The van der Waals surface area contributed by atoms with E-state index in [0.29, 0.717) is 0 Å². The van der Waals surface area contributed by atoms with Gasteiger partial charge in [0.1, 0.15) is 0 Å². The monoisotopic (exact) mass is 151 g/mol. The second-order valence-corrected chi connectivity index (χ2v) is 3.17. The maximum Gasteiger partial charge on any atom is 0.0948 e. The summed E-state index contributed by atoms with van der Waals surface area (Å²) in [5.41, 5.74) is 1.34. The highest BCUT2D eigenvalue weighted by Gasteiger charge is 2.09. The van der Waals surface area contributed by atoms with Crippen molar-refractivity contribution in [2.24, 2.45) is 0 Å². The molecule has 0 spiro atoms. The molecule has 2 heterocycles. The van der Waals surface area contributed by atoms with Crippen molar-refractivity contribution >= 4 is 0 Å². The van der Waals surface area contributed by atoms with Crippen molar-refractivity contribution in [3.8, 4) is 0 Å². The van der Waals surface area contributed by atoms with E-state index in [1.54, 1.807) is 0 Å². The normalized spacial score (nSPS) is 19.4. The summed E-state index contributed by atoms with van der Waals surface area (Å²) in [5, 5.41) is 0. The van der Waals surface area contributed by atoms with Crippen molar-refractivity contribution in [1.82, 2.24) is 14.5 Å². The molecule has 1 aromatic rings. The van der Waals surface area contributed by atoms with E-state index in [1.165, 1.54) is 18.7 Å². The number of nitrogens with zero attached hydrogens (tertiary/aromatic N) is 3. The van der Waals surface area contributed by atoms with Gasteiger partial charge in [-0.2, -0.15) is 0 Å². The molecule has 0 aliphatic carbocycles. The molecule has 3 heteroatoms. The molecule has 60 valence electrons. The Balaban J connectivity index is 2.26. The van der Waals surface area contributed by atoms with Crippen LogP contribution in [0.1, 0.15) is 12.1 Å². The van der Waals surface area contributed by atoms with Gasteiger partial charge in [0.25, 0.3) is 0 Å². The molecule has 0 N–H and O–H groups in total. The summed E-state index contributed by atoms with van der Waals surface area (Å²) in [5.74, 6) is 0. The third-order valence-electron chi connectivity index (χ3n) is 2.17. The van der Waals surface area contributed by atoms with Gasteiger partial charge in [-0.05, 0) is 20.0 Å². The van der Waals surface area contributed by atoms with Crippen LogP contribution in [0.2, 0.25) is 0 Å². The van der Waals surface area contributed by atoms with Crippen LogP contribution in [0.3, 0.4) is 0 Å². The minimum atomic E-state index is 1.04. The van der Waals surface area contributed by atoms with Crippen molar-refractivity contribution in [2.75, 3.05) is 13.6 Å². The van der Waals surface area contributed by atoms with Crippen LogP contribution < -0.4 is 0 Å². The SMILES string of the molecule is CN1CCCn2cncc2C1. The highest BCUT2D eigenvalue weighted by atomic mass is 15.2. The molecule has 0 unspecified atom stereocenters. The summed E-state index contributed by atoms with van der Waals surface area (Å²) in [6, 6.07) is 0. The molecule has 0 radical (unpaired) electrons. The number of aromatic nitrogens is 2. The summed E-state index contributed by atoms with van der Waals surface area (Å²) >= 11 is 0. The van der Waals surface area contributed by atoms with Gasteiger partial charge >= 0.3 is 0 Å². The van der Waals surface area contributed by atoms with Crippen molar-refractivity contribution in [2.45, 2.75) is 19.5 Å². The van der Waals surface area contributed by atoms with Crippen LogP contribution in [0.15, 0.2) is 12.5 Å². The molecule has 0 atom stereocenters. The summed E-state index contributed by atoms with van der Waals surface area (Å²) in [6.45, 7) is 3.36. The highest BCUT2D eigenvalue weighted by molar-refractivity contribution is 4.99. The molecule has 1 aromatic heterocycles. The van der Waals surface area contributed by atoms with Gasteiger partial charge in [0.15, 0.2) is 0 Å². The summed E-state index contributed by atoms with van der Waals surface area (Å²) in [7, 11) is 2.16. The van der Waals surface area contributed by atoms with Crippen LogP contribution in [0.4, 0.5) is 0 Å². The van der Waals surface area contributed by atoms with Crippen molar-refractivity contribution in [1.29, 1.82) is 0 Å². The Morgan fingerprint density at radius 2 is 2.36 bits per heavy atom. The van der Waals surface area contributed by atoms with E-state index < -0.39 is 0 Å². The topological polar surface area (TPSA) is 21.1 Å². The van der Waals surface area contributed by atoms with Gasteiger partial charge < -0.3 is 9.47 Å². The van der Waals surface area contributed by atoms with Crippen LogP contribution in [0, 0.1) is 0 Å². The first-order chi connectivity index (χ1) is 5.36. The minimum absolute atomic E-state index is 1.04. The van der Waals surface area contributed by atoms with E-state index in [1.807, 2.05) is 12.5 Å². The number of hydrogen-bond acceptors (Lipinski definition) is 2. The van der Waals surface area contributed by atoms with E-state index >= 15 is 0 Å². The van der Waals surface area contributed by atoms with Gasteiger partial charge in [-0.3, -0.25) is 0 Å². The van der Waals surface area contributed by atoms with E-state index in [4.69, 9.17) is 0 Å². The molecule has 0 bridgehead atoms. The Hall–Kier alpha value is -0.830. The van der Waals surface area contributed by atoms with Crippen LogP contribution in [0.5, 0.6) is 0 Å². The molecule has 0 saturated carbocycles. The van der Waals surface area contributed by atoms with Gasteiger partial charge in [-0.15, -0.1) is 0 Å². The number of aryl methyl sites for hydroxylation is 1. The first kappa shape index (κ1) is 6.85. The van der Waals surface area contributed by atoms with Gasteiger partial charge in [-0.1, -0.05) is 0 Å². The molecule has 0 amide bonds. The molecule has 1 aliphatic rings. The molecular formula is C8H13N3.